The minimum absolute atomic E-state index is 0. The minimum atomic E-state index is -0.414. The molecule has 3 aliphatic heterocycles. The predicted molar refractivity (Wildman–Crippen MR) is 113 cm³/mol. The number of rotatable bonds is 3. The van der Waals surface area contributed by atoms with Crippen molar-refractivity contribution >= 4 is 18.2 Å². The maximum absolute atomic E-state index is 12.8. The average molecular weight is 427 g/mol. The fourth-order valence-electron chi connectivity index (χ4n) is 4.38. The van der Waals surface area contributed by atoms with Gasteiger partial charge in [-0.3, -0.25) is 4.79 Å². The van der Waals surface area contributed by atoms with Gasteiger partial charge in [0.25, 0.3) is 0 Å². The normalized spacial score (nSPS) is 18.8. The van der Waals surface area contributed by atoms with Crippen LogP contribution in [0.3, 0.4) is 0 Å². The molecule has 0 radical (unpaired) electrons. The zero-order chi connectivity index (χ0) is 19.8. The summed E-state index contributed by atoms with van der Waals surface area (Å²) in [6.07, 6.45) is 3.04. The zero-order valence-corrected chi connectivity index (χ0v) is 17.4. The molecule has 7 heteroatoms. The number of nitrogens with zero attached hydrogens (tertiary/aromatic N) is 2. The Balaban J connectivity index is 0.00000218. The predicted octanol–water partition coefficient (Wildman–Crippen LogP) is 3.75. The van der Waals surface area contributed by atoms with Crippen LogP contribution >= 0.6 is 12.4 Å². The lowest BCUT2D eigenvalue weighted by Gasteiger charge is -2.44. The molecule has 1 spiro atoms. The van der Waals surface area contributed by atoms with Gasteiger partial charge in [0.1, 0.15) is 11.4 Å². The topological polar surface area (TPSA) is 71.8 Å². The SMILES string of the molecule is Cl.N#Cc1ccc(CCN2CCC3(CC2)CC(=O)c2cc4c(cc2O3)OCO4)cc1. The Labute approximate surface area is 181 Å². The molecule has 0 aliphatic carbocycles. The fraction of sp³-hybridized carbons (Fsp3) is 0.391. The van der Waals surface area contributed by atoms with E-state index in [1.54, 1.807) is 12.1 Å². The summed E-state index contributed by atoms with van der Waals surface area (Å²) in [7, 11) is 0. The Morgan fingerprint density at radius 1 is 1.03 bits per heavy atom. The van der Waals surface area contributed by atoms with Crippen molar-refractivity contribution < 1.29 is 19.0 Å². The molecule has 5 rings (SSSR count). The van der Waals surface area contributed by atoms with Crippen molar-refractivity contribution in [3.05, 3.63) is 53.1 Å². The van der Waals surface area contributed by atoms with Crippen molar-refractivity contribution in [1.29, 1.82) is 5.26 Å². The molecule has 3 aliphatic rings. The van der Waals surface area contributed by atoms with Crippen molar-refractivity contribution in [2.24, 2.45) is 0 Å². The summed E-state index contributed by atoms with van der Waals surface area (Å²) in [6.45, 7) is 2.96. The number of carbonyl (C=O) groups is 1. The number of piperidine rings is 1. The van der Waals surface area contributed by atoms with E-state index in [1.165, 1.54) is 5.56 Å². The molecule has 0 unspecified atom stereocenters. The first-order valence-electron chi connectivity index (χ1n) is 10.0. The highest BCUT2D eigenvalue weighted by atomic mass is 35.5. The largest absolute Gasteiger partial charge is 0.486 e. The van der Waals surface area contributed by atoms with E-state index in [4.69, 9.17) is 19.5 Å². The lowest BCUT2D eigenvalue weighted by molar-refractivity contribution is -0.00875. The quantitative estimate of drug-likeness (QED) is 0.744. The van der Waals surface area contributed by atoms with E-state index in [0.717, 1.165) is 38.9 Å². The fourth-order valence-corrected chi connectivity index (χ4v) is 4.38. The molecule has 156 valence electrons. The number of Topliss-reactive ketones (excluding diaryl/α,β-unsaturated/α-hetero) is 1. The molecule has 2 aromatic rings. The first-order chi connectivity index (χ1) is 14.1. The molecule has 1 saturated heterocycles. The van der Waals surface area contributed by atoms with Crippen LogP contribution in [0.25, 0.3) is 0 Å². The van der Waals surface area contributed by atoms with Gasteiger partial charge in [0, 0.05) is 38.5 Å². The Kier molecular flexibility index (Phi) is 5.59. The van der Waals surface area contributed by atoms with Crippen LogP contribution in [-0.4, -0.2) is 42.7 Å². The van der Waals surface area contributed by atoms with Gasteiger partial charge in [-0.25, -0.2) is 0 Å². The van der Waals surface area contributed by atoms with Crippen LogP contribution in [0.2, 0.25) is 0 Å². The second-order valence-corrected chi connectivity index (χ2v) is 7.99. The summed E-state index contributed by atoms with van der Waals surface area (Å²) in [5.41, 5.74) is 2.11. The Bertz CT molecular complexity index is 991. The van der Waals surface area contributed by atoms with Gasteiger partial charge in [-0.05, 0) is 30.2 Å². The van der Waals surface area contributed by atoms with E-state index in [9.17, 15) is 4.79 Å². The van der Waals surface area contributed by atoms with Crippen LogP contribution < -0.4 is 14.2 Å². The summed E-state index contributed by atoms with van der Waals surface area (Å²) >= 11 is 0. The summed E-state index contributed by atoms with van der Waals surface area (Å²) < 4.78 is 17.2. The number of ketones is 1. The van der Waals surface area contributed by atoms with Crippen molar-refractivity contribution in [1.82, 2.24) is 4.90 Å². The summed E-state index contributed by atoms with van der Waals surface area (Å²) in [5.74, 6) is 2.01. The highest BCUT2D eigenvalue weighted by molar-refractivity contribution is 6.01. The number of carbonyl (C=O) groups excluding carboxylic acids is 1. The smallest absolute Gasteiger partial charge is 0.231 e. The van der Waals surface area contributed by atoms with Crippen LogP contribution in [0.5, 0.6) is 17.2 Å². The minimum Gasteiger partial charge on any atom is -0.486 e. The molecule has 0 amide bonds. The molecule has 2 aromatic carbocycles. The number of fused-ring (bicyclic) bond motifs is 2. The van der Waals surface area contributed by atoms with Gasteiger partial charge in [-0.2, -0.15) is 5.26 Å². The molecule has 0 bridgehead atoms. The molecule has 0 N–H and O–H groups in total. The standard InChI is InChI=1S/C23H22N2O4.ClH/c24-14-17-3-1-16(2-4-17)5-8-25-9-6-23(7-10-25)13-19(26)18-11-21-22(28-15-27-21)12-20(18)29-23;/h1-4,11-12H,5-10,13,15H2;1H. The van der Waals surface area contributed by atoms with E-state index >= 15 is 0 Å². The summed E-state index contributed by atoms with van der Waals surface area (Å²) in [4.78, 5) is 15.2. The molecule has 0 atom stereocenters. The lowest BCUT2D eigenvalue weighted by Crippen LogP contribution is -2.51. The molecule has 3 heterocycles. The number of benzene rings is 2. The van der Waals surface area contributed by atoms with Gasteiger partial charge >= 0.3 is 0 Å². The molecule has 0 saturated carbocycles. The number of halogens is 1. The highest BCUT2D eigenvalue weighted by Crippen LogP contribution is 2.45. The average Bonchev–Trinajstić information content (AvgIpc) is 3.20. The second-order valence-electron chi connectivity index (χ2n) is 7.99. The van der Waals surface area contributed by atoms with Crippen LogP contribution in [-0.2, 0) is 6.42 Å². The van der Waals surface area contributed by atoms with Crippen LogP contribution in [0, 0.1) is 11.3 Å². The van der Waals surface area contributed by atoms with Gasteiger partial charge in [0.15, 0.2) is 17.3 Å². The highest BCUT2D eigenvalue weighted by Gasteiger charge is 2.43. The lowest BCUT2D eigenvalue weighted by atomic mass is 9.82. The molecule has 1 fully saturated rings. The summed E-state index contributed by atoms with van der Waals surface area (Å²) in [6, 6.07) is 13.5. The van der Waals surface area contributed by atoms with E-state index in [2.05, 4.69) is 11.0 Å². The third-order valence-corrected chi connectivity index (χ3v) is 6.15. The van der Waals surface area contributed by atoms with E-state index in [0.29, 0.717) is 34.8 Å². The van der Waals surface area contributed by atoms with E-state index < -0.39 is 5.60 Å². The van der Waals surface area contributed by atoms with Gasteiger partial charge in [-0.15, -0.1) is 12.4 Å². The number of hydrogen-bond acceptors (Lipinski definition) is 6. The number of nitriles is 1. The third kappa shape index (κ3) is 3.83. The monoisotopic (exact) mass is 426 g/mol. The number of ether oxygens (including phenoxy) is 3. The van der Waals surface area contributed by atoms with Crippen molar-refractivity contribution in [3.63, 3.8) is 0 Å². The third-order valence-electron chi connectivity index (χ3n) is 6.15. The molecule has 0 aromatic heterocycles. The van der Waals surface area contributed by atoms with Gasteiger partial charge in [0.2, 0.25) is 6.79 Å². The van der Waals surface area contributed by atoms with Gasteiger partial charge in [-0.1, -0.05) is 12.1 Å². The van der Waals surface area contributed by atoms with E-state index in [1.807, 2.05) is 24.3 Å². The van der Waals surface area contributed by atoms with Crippen LogP contribution in [0.4, 0.5) is 0 Å². The first-order valence-corrected chi connectivity index (χ1v) is 10.0. The Morgan fingerprint density at radius 2 is 1.73 bits per heavy atom. The molecule has 30 heavy (non-hydrogen) atoms. The van der Waals surface area contributed by atoms with Gasteiger partial charge < -0.3 is 19.1 Å². The van der Waals surface area contributed by atoms with Crippen LogP contribution in [0.1, 0.15) is 40.7 Å². The van der Waals surface area contributed by atoms with E-state index in [-0.39, 0.29) is 25.0 Å². The maximum atomic E-state index is 12.8. The first kappa shape index (κ1) is 20.5. The number of hydrogen-bond donors (Lipinski definition) is 0. The number of likely N-dealkylation sites (tertiary alicyclic amines) is 1. The van der Waals surface area contributed by atoms with Gasteiger partial charge in [0.05, 0.1) is 23.6 Å². The maximum Gasteiger partial charge on any atom is 0.231 e. The zero-order valence-electron chi connectivity index (χ0n) is 16.6. The van der Waals surface area contributed by atoms with Crippen molar-refractivity contribution in [2.45, 2.75) is 31.3 Å². The summed E-state index contributed by atoms with van der Waals surface area (Å²) in [5, 5.41) is 8.90. The van der Waals surface area contributed by atoms with Crippen molar-refractivity contribution in [3.8, 4) is 23.3 Å². The Morgan fingerprint density at radius 3 is 2.43 bits per heavy atom. The molecular formula is C23H23ClN2O4. The second kappa shape index (κ2) is 8.17. The van der Waals surface area contributed by atoms with Crippen molar-refractivity contribution in [2.75, 3.05) is 26.4 Å². The molecule has 6 nitrogen and oxygen atoms in total. The van der Waals surface area contributed by atoms with Crippen LogP contribution in [0.15, 0.2) is 36.4 Å². The Hall–Kier alpha value is -2.75. The molecular weight excluding hydrogens is 404 g/mol.